The standard InChI is InChI=1S/C14H19NO2/c1-17-14(16)13(15)9-12-5-3-2-4-11(12)8-10-6-7-10/h2-5,10,13H,6-9,15H2,1H3/t13-/m1/s1. The lowest BCUT2D eigenvalue weighted by Crippen LogP contribution is -2.33. The van der Waals surface area contributed by atoms with E-state index in [1.54, 1.807) is 0 Å². The Morgan fingerprint density at radius 1 is 1.41 bits per heavy atom. The molecule has 0 spiro atoms. The molecule has 1 saturated carbocycles. The van der Waals surface area contributed by atoms with Crippen LogP contribution in [-0.2, 0) is 22.4 Å². The van der Waals surface area contributed by atoms with E-state index in [9.17, 15) is 4.79 Å². The van der Waals surface area contributed by atoms with E-state index in [4.69, 9.17) is 5.73 Å². The highest BCUT2D eigenvalue weighted by molar-refractivity contribution is 5.75. The minimum absolute atomic E-state index is 0.341. The lowest BCUT2D eigenvalue weighted by molar-refractivity contribution is -0.142. The molecule has 0 amide bonds. The van der Waals surface area contributed by atoms with Crippen LogP contribution >= 0.6 is 0 Å². The molecule has 0 saturated heterocycles. The number of carbonyl (C=O) groups is 1. The van der Waals surface area contributed by atoms with Crippen LogP contribution in [0.25, 0.3) is 0 Å². The van der Waals surface area contributed by atoms with Crippen LogP contribution in [0.2, 0.25) is 0 Å². The molecular formula is C14H19NO2. The van der Waals surface area contributed by atoms with E-state index in [1.807, 2.05) is 12.1 Å². The van der Waals surface area contributed by atoms with Crippen molar-refractivity contribution in [3.63, 3.8) is 0 Å². The summed E-state index contributed by atoms with van der Waals surface area (Å²) in [6, 6.07) is 7.68. The van der Waals surface area contributed by atoms with Gasteiger partial charge in [0.1, 0.15) is 6.04 Å². The third kappa shape index (κ3) is 3.30. The van der Waals surface area contributed by atoms with Gasteiger partial charge in [0.2, 0.25) is 0 Å². The number of rotatable bonds is 5. The first-order valence-corrected chi connectivity index (χ1v) is 6.11. The highest BCUT2D eigenvalue weighted by Gasteiger charge is 2.23. The molecule has 0 aliphatic heterocycles. The molecule has 1 fully saturated rings. The van der Waals surface area contributed by atoms with Crippen LogP contribution in [0.1, 0.15) is 24.0 Å². The van der Waals surface area contributed by atoms with Crippen molar-refractivity contribution in [2.75, 3.05) is 7.11 Å². The molecule has 0 unspecified atom stereocenters. The minimum atomic E-state index is -0.555. The van der Waals surface area contributed by atoms with Crippen molar-refractivity contribution < 1.29 is 9.53 Å². The molecule has 3 heteroatoms. The minimum Gasteiger partial charge on any atom is -0.468 e. The number of ether oxygens (including phenoxy) is 1. The van der Waals surface area contributed by atoms with Gasteiger partial charge in [-0.3, -0.25) is 4.79 Å². The quantitative estimate of drug-likeness (QED) is 0.787. The maximum atomic E-state index is 11.3. The Bertz CT molecular complexity index is 399. The molecule has 2 rings (SSSR count). The largest absolute Gasteiger partial charge is 0.468 e. The van der Waals surface area contributed by atoms with Gasteiger partial charge in [-0.1, -0.05) is 24.3 Å². The van der Waals surface area contributed by atoms with Crippen molar-refractivity contribution in [1.82, 2.24) is 0 Å². The van der Waals surface area contributed by atoms with E-state index in [-0.39, 0.29) is 5.97 Å². The molecule has 1 atom stereocenters. The Labute approximate surface area is 102 Å². The molecule has 3 nitrogen and oxygen atoms in total. The van der Waals surface area contributed by atoms with Crippen LogP contribution in [0.3, 0.4) is 0 Å². The van der Waals surface area contributed by atoms with E-state index in [1.165, 1.54) is 31.1 Å². The highest BCUT2D eigenvalue weighted by atomic mass is 16.5. The van der Waals surface area contributed by atoms with Gasteiger partial charge in [0.15, 0.2) is 0 Å². The first-order chi connectivity index (χ1) is 8.20. The summed E-state index contributed by atoms with van der Waals surface area (Å²) in [5.41, 5.74) is 8.31. The van der Waals surface area contributed by atoms with Crippen molar-refractivity contribution in [3.05, 3.63) is 35.4 Å². The summed E-state index contributed by atoms with van der Waals surface area (Å²) in [6.45, 7) is 0. The van der Waals surface area contributed by atoms with Crippen LogP contribution < -0.4 is 5.73 Å². The van der Waals surface area contributed by atoms with Crippen molar-refractivity contribution in [2.24, 2.45) is 11.7 Å². The average Bonchev–Trinajstić information content (AvgIpc) is 3.14. The second-order valence-corrected chi connectivity index (χ2v) is 4.75. The monoisotopic (exact) mass is 233 g/mol. The van der Waals surface area contributed by atoms with E-state index < -0.39 is 6.04 Å². The fraction of sp³-hybridized carbons (Fsp3) is 0.500. The molecule has 1 aliphatic carbocycles. The summed E-state index contributed by atoms with van der Waals surface area (Å²) in [4.78, 5) is 11.3. The molecule has 0 heterocycles. The van der Waals surface area contributed by atoms with Gasteiger partial charge in [-0.2, -0.15) is 0 Å². The van der Waals surface area contributed by atoms with Gasteiger partial charge < -0.3 is 10.5 Å². The zero-order valence-corrected chi connectivity index (χ0v) is 10.2. The number of carbonyl (C=O) groups excluding carboxylic acids is 1. The highest BCUT2D eigenvalue weighted by Crippen LogP contribution is 2.33. The Hall–Kier alpha value is -1.35. The predicted molar refractivity (Wildman–Crippen MR) is 66.6 cm³/mol. The molecule has 92 valence electrons. The molecule has 1 aromatic rings. The van der Waals surface area contributed by atoms with Crippen LogP contribution in [0.5, 0.6) is 0 Å². The van der Waals surface area contributed by atoms with Gasteiger partial charge in [0.25, 0.3) is 0 Å². The second-order valence-electron chi connectivity index (χ2n) is 4.75. The van der Waals surface area contributed by atoms with Crippen LogP contribution in [-0.4, -0.2) is 19.1 Å². The zero-order valence-electron chi connectivity index (χ0n) is 10.2. The van der Waals surface area contributed by atoms with Gasteiger partial charge in [0.05, 0.1) is 7.11 Å². The second kappa shape index (κ2) is 5.32. The van der Waals surface area contributed by atoms with E-state index in [2.05, 4.69) is 16.9 Å². The van der Waals surface area contributed by atoms with Gasteiger partial charge in [0, 0.05) is 0 Å². The van der Waals surface area contributed by atoms with Crippen molar-refractivity contribution in [1.29, 1.82) is 0 Å². The number of hydrogen-bond acceptors (Lipinski definition) is 3. The molecule has 1 aromatic carbocycles. The molecule has 17 heavy (non-hydrogen) atoms. The third-order valence-electron chi connectivity index (χ3n) is 3.27. The number of nitrogens with two attached hydrogens (primary N) is 1. The smallest absolute Gasteiger partial charge is 0.322 e. The summed E-state index contributed by atoms with van der Waals surface area (Å²) in [7, 11) is 1.37. The maximum absolute atomic E-state index is 11.3. The summed E-state index contributed by atoms with van der Waals surface area (Å²) in [5, 5.41) is 0. The number of benzene rings is 1. The van der Waals surface area contributed by atoms with Crippen molar-refractivity contribution in [2.45, 2.75) is 31.7 Å². The van der Waals surface area contributed by atoms with Crippen molar-refractivity contribution in [3.8, 4) is 0 Å². The number of hydrogen-bond donors (Lipinski definition) is 1. The Balaban J connectivity index is 2.05. The lowest BCUT2D eigenvalue weighted by Gasteiger charge is -2.13. The molecule has 0 radical (unpaired) electrons. The Kier molecular flexibility index (Phi) is 3.79. The van der Waals surface area contributed by atoms with Crippen LogP contribution in [0, 0.1) is 5.92 Å². The first kappa shape index (κ1) is 12.1. The number of methoxy groups -OCH3 is 1. The van der Waals surface area contributed by atoms with E-state index in [0.717, 1.165) is 12.3 Å². The number of esters is 1. The SMILES string of the molecule is COC(=O)[C@H](N)Cc1ccccc1CC1CC1. The van der Waals surface area contributed by atoms with Gasteiger partial charge in [-0.25, -0.2) is 0 Å². The molecule has 2 N–H and O–H groups in total. The van der Waals surface area contributed by atoms with Crippen LogP contribution in [0.15, 0.2) is 24.3 Å². The summed E-state index contributed by atoms with van der Waals surface area (Å²) < 4.78 is 4.65. The Morgan fingerprint density at radius 3 is 2.65 bits per heavy atom. The first-order valence-electron chi connectivity index (χ1n) is 6.11. The summed E-state index contributed by atoms with van der Waals surface area (Å²) in [6.07, 6.45) is 4.34. The Morgan fingerprint density at radius 2 is 2.06 bits per heavy atom. The van der Waals surface area contributed by atoms with Gasteiger partial charge >= 0.3 is 5.97 Å². The van der Waals surface area contributed by atoms with E-state index >= 15 is 0 Å². The topological polar surface area (TPSA) is 52.3 Å². The maximum Gasteiger partial charge on any atom is 0.322 e. The van der Waals surface area contributed by atoms with Gasteiger partial charge in [-0.05, 0) is 42.7 Å². The third-order valence-corrected chi connectivity index (χ3v) is 3.27. The molecular weight excluding hydrogens is 214 g/mol. The average molecular weight is 233 g/mol. The normalized spacial score (nSPS) is 16.6. The van der Waals surface area contributed by atoms with Crippen molar-refractivity contribution >= 4 is 5.97 Å². The molecule has 0 aromatic heterocycles. The molecule has 0 bridgehead atoms. The fourth-order valence-corrected chi connectivity index (χ4v) is 2.06. The lowest BCUT2D eigenvalue weighted by atomic mass is 9.97. The summed E-state index contributed by atoms with van der Waals surface area (Å²) in [5.74, 6) is 0.497. The fourth-order valence-electron chi connectivity index (χ4n) is 2.06. The van der Waals surface area contributed by atoms with E-state index in [0.29, 0.717) is 6.42 Å². The molecule has 1 aliphatic rings. The predicted octanol–water partition coefficient (Wildman–Crippen LogP) is 1.68. The summed E-state index contributed by atoms with van der Waals surface area (Å²) >= 11 is 0. The van der Waals surface area contributed by atoms with Gasteiger partial charge in [-0.15, -0.1) is 0 Å². The zero-order chi connectivity index (χ0) is 12.3. The van der Waals surface area contributed by atoms with Crippen LogP contribution in [0.4, 0.5) is 0 Å².